The third-order valence-corrected chi connectivity index (χ3v) is 4.54. The summed E-state index contributed by atoms with van der Waals surface area (Å²) in [6.07, 6.45) is 7.79. The molecule has 2 rings (SSSR count). The number of carbonyl (C=O) groups is 2. The van der Waals surface area contributed by atoms with Gasteiger partial charge in [0.1, 0.15) is 5.75 Å². The molecule has 146 valence electrons. The molecule has 1 aromatic carbocycles. The van der Waals surface area contributed by atoms with Crippen LogP contribution in [-0.4, -0.2) is 52.8 Å². The SMILES string of the molecule is CCC1CCCCN1CCCCOc1cccc(Cl)c1.O=C(O)C(=O)O. The second-order valence-corrected chi connectivity index (χ2v) is 6.65. The van der Waals surface area contributed by atoms with E-state index in [1.165, 1.54) is 45.2 Å². The van der Waals surface area contributed by atoms with Crippen LogP contribution < -0.4 is 4.74 Å². The van der Waals surface area contributed by atoms with Crippen LogP contribution in [0.3, 0.4) is 0 Å². The molecule has 0 saturated carbocycles. The first-order chi connectivity index (χ1) is 12.4. The van der Waals surface area contributed by atoms with Gasteiger partial charge in [0.2, 0.25) is 0 Å². The van der Waals surface area contributed by atoms with E-state index in [2.05, 4.69) is 11.8 Å². The fraction of sp³-hybridized carbons (Fsp3) is 0.579. The second kappa shape index (κ2) is 12.5. The summed E-state index contributed by atoms with van der Waals surface area (Å²) in [6, 6.07) is 8.45. The molecule has 26 heavy (non-hydrogen) atoms. The molecule has 1 heterocycles. The lowest BCUT2D eigenvalue weighted by Gasteiger charge is -2.35. The lowest BCUT2D eigenvalue weighted by molar-refractivity contribution is -0.159. The van der Waals surface area contributed by atoms with Crippen LogP contribution in [0.15, 0.2) is 24.3 Å². The number of aliphatic carboxylic acids is 2. The number of benzene rings is 1. The lowest BCUT2D eigenvalue weighted by Crippen LogP contribution is -2.39. The molecule has 1 aromatic rings. The Morgan fingerprint density at radius 2 is 1.96 bits per heavy atom. The molecule has 1 atom stereocenters. The monoisotopic (exact) mass is 385 g/mol. The third kappa shape index (κ3) is 9.06. The zero-order valence-corrected chi connectivity index (χ0v) is 16.0. The van der Waals surface area contributed by atoms with Crippen molar-refractivity contribution in [2.75, 3.05) is 19.7 Å². The number of piperidine rings is 1. The van der Waals surface area contributed by atoms with E-state index in [-0.39, 0.29) is 0 Å². The van der Waals surface area contributed by atoms with Crippen molar-refractivity contribution in [1.29, 1.82) is 0 Å². The van der Waals surface area contributed by atoms with Gasteiger partial charge in [-0.1, -0.05) is 31.0 Å². The van der Waals surface area contributed by atoms with Gasteiger partial charge in [0, 0.05) is 11.1 Å². The van der Waals surface area contributed by atoms with E-state index in [1.807, 2.05) is 24.3 Å². The Bertz CT molecular complexity index is 555. The standard InChI is InChI=1S/C17H26ClNO.C2H2O4/c1-2-16-9-3-4-11-19(16)12-5-6-13-20-17-10-7-8-15(18)14-17;3-1(4)2(5)6/h7-8,10,14,16H,2-6,9,11-13H2,1H3;(H,3,4)(H,5,6). The van der Waals surface area contributed by atoms with Crippen LogP contribution in [0.5, 0.6) is 5.75 Å². The van der Waals surface area contributed by atoms with E-state index >= 15 is 0 Å². The van der Waals surface area contributed by atoms with Crippen LogP contribution in [0.1, 0.15) is 45.4 Å². The summed E-state index contributed by atoms with van der Waals surface area (Å²) in [7, 11) is 0. The number of ether oxygens (including phenoxy) is 1. The fourth-order valence-corrected chi connectivity index (χ4v) is 3.16. The second-order valence-electron chi connectivity index (χ2n) is 6.22. The van der Waals surface area contributed by atoms with Crippen LogP contribution >= 0.6 is 11.6 Å². The predicted molar refractivity (Wildman–Crippen MR) is 101 cm³/mol. The van der Waals surface area contributed by atoms with Crippen LogP contribution in [-0.2, 0) is 9.59 Å². The molecule has 0 amide bonds. The van der Waals surface area contributed by atoms with E-state index in [4.69, 9.17) is 36.1 Å². The fourth-order valence-electron chi connectivity index (χ4n) is 2.98. The molecule has 1 aliphatic heterocycles. The van der Waals surface area contributed by atoms with Gasteiger partial charge in [-0.05, 0) is 63.4 Å². The summed E-state index contributed by atoms with van der Waals surface area (Å²) in [6.45, 7) is 5.60. The minimum atomic E-state index is -1.82. The first-order valence-electron chi connectivity index (χ1n) is 9.02. The first-order valence-corrected chi connectivity index (χ1v) is 9.40. The summed E-state index contributed by atoms with van der Waals surface area (Å²) < 4.78 is 5.73. The number of halogens is 1. The van der Waals surface area contributed by atoms with Crippen molar-refractivity contribution in [2.24, 2.45) is 0 Å². The number of carboxylic acids is 2. The minimum Gasteiger partial charge on any atom is -0.494 e. The van der Waals surface area contributed by atoms with Gasteiger partial charge >= 0.3 is 11.9 Å². The zero-order chi connectivity index (χ0) is 19.4. The van der Waals surface area contributed by atoms with Crippen molar-refractivity contribution < 1.29 is 24.5 Å². The number of likely N-dealkylation sites (tertiary alicyclic amines) is 1. The Morgan fingerprint density at radius 3 is 2.58 bits per heavy atom. The molecule has 1 aliphatic rings. The summed E-state index contributed by atoms with van der Waals surface area (Å²) in [5, 5.41) is 15.5. The van der Waals surface area contributed by atoms with Gasteiger partial charge in [-0.2, -0.15) is 0 Å². The maximum Gasteiger partial charge on any atom is 0.414 e. The molecule has 7 heteroatoms. The normalized spacial score (nSPS) is 17.1. The quantitative estimate of drug-likeness (QED) is 0.546. The van der Waals surface area contributed by atoms with Gasteiger partial charge in [0.25, 0.3) is 0 Å². The van der Waals surface area contributed by atoms with E-state index in [0.717, 1.165) is 29.8 Å². The lowest BCUT2D eigenvalue weighted by atomic mass is 10.00. The highest BCUT2D eigenvalue weighted by Gasteiger charge is 2.19. The topological polar surface area (TPSA) is 87.1 Å². The molecule has 0 bridgehead atoms. The average molecular weight is 386 g/mol. The molecule has 0 aromatic heterocycles. The highest BCUT2D eigenvalue weighted by atomic mass is 35.5. The summed E-state index contributed by atoms with van der Waals surface area (Å²) in [5.41, 5.74) is 0. The molecule has 1 unspecified atom stereocenters. The van der Waals surface area contributed by atoms with E-state index in [9.17, 15) is 0 Å². The van der Waals surface area contributed by atoms with Crippen LogP contribution in [0.4, 0.5) is 0 Å². The van der Waals surface area contributed by atoms with Crippen molar-refractivity contribution in [3.05, 3.63) is 29.3 Å². The molecule has 0 spiro atoms. The van der Waals surface area contributed by atoms with E-state index in [1.54, 1.807) is 0 Å². The van der Waals surface area contributed by atoms with Gasteiger partial charge in [0.15, 0.2) is 0 Å². The molecule has 1 saturated heterocycles. The highest BCUT2D eigenvalue weighted by molar-refractivity contribution is 6.30. The summed E-state index contributed by atoms with van der Waals surface area (Å²) in [5.74, 6) is -2.77. The minimum absolute atomic E-state index is 0.738. The zero-order valence-electron chi connectivity index (χ0n) is 15.2. The van der Waals surface area contributed by atoms with Crippen molar-refractivity contribution in [2.45, 2.75) is 51.5 Å². The maximum atomic E-state index is 9.10. The van der Waals surface area contributed by atoms with Crippen LogP contribution in [0, 0.1) is 0 Å². The Balaban J connectivity index is 0.000000487. The van der Waals surface area contributed by atoms with Gasteiger partial charge in [0.05, 0.1) is 6.61 Å². The Kier molecular flexibility index (Phi) is 10.7. The molecular formula is C19H28ClNO5. The molecule has 1 fully saturated rings. The molecule has 2 N–H and O–H groups in total. The van der Waals surface area contributed by atoms with Crippen LogP contribution in [0.2, 0.25) is 5.02 Å². The number of hydrogen-bond donors (Lipinski definition) is 2. The highest BCUT2D eigenvalue weighted by Crippen LogP contribution is 2.20. The molecule has 6 nitrogen and oxygen atoms in total. The third-order valence-electron chi connectivity index (χ3n) is 4.31. The number of nitrogens with zero attached hydrogens (tertiary/aromatic N) is 1. The average Bonchev–Trinajstić information content (AvgIpc) is 2.62. The Morgan fingerprint density at radius 1 is 1.23 bits per heavy atom. The van der Waals surface area contributed by atoms with Gasteiger partial charge < -0.3 is 19.8 Å². The molecule has 0 aliphatic carbocycles. The number of unbranched alkanes of at least 4 members (excludes halogenated alkanes) is 1. The van der Waals surface area contributed by atoms with E-state index in [0.29, 0.717) is 0 Å². The van der Waals surface area contributed by atoms with Crippen molar-refractivity contribution in [1.82, 2.24) is 4.90 Å². The number of rotatable bonds is 7. The predicted octanol–water partition coefficient (Wildman–Crippen LogP) is 3.92. The van der Waals surface area contributed by atoms with Gasteiger partial charge in [-0.25, -0.2) is 9.59 Å². The molecular weight excluding hydrogens is 358 g/mol. The van der Waals surface area contributed by atoms with E-state index < -0.39 is 11.9 Å². The van der Waals surface area contributed by atoms with Gasteiger partial charge in [-0.15, -0.1) is 0 Å². The van der Waals surface area contributed by atoms with Crippen molar-refractivity contribution in [3.63, 3.8) is 0 Å². The molecule has 0 radical (unpaired) electrons. The number of carboxylic acid groups (broad SMARTS) is 2. The smallest absolute Gasteiger partial charge is 0.414 e. The van der Waals surface area contributed by atoms with Gasteiger partial charge in [-0.3, -0.25) is 0 Å². The summed E-state index contributed by atoms with van der Waals surface area (Å²) in [4.78, 5) is 20.9. The van der Waals surface area contributed by atoms with Crippen molar-refractivity contribution >= 4 is 23.5 Å². The van der Waals surface area contributed by atoms with Crippen molar-refractivity contribution in [3.8, 4) is 5.75 Å². The Hall–Kier alpha value is -1.79. The first kappa shape index (κ1) is 22.3. The van der Waals surface area contributed by atoms with Crippen LogP contribution in [0.25, 0.3) is 0 Å². The maximum absolute atomic E-state index is 9.10. The summed E-state index contributed by atoms with van der Waals surface area (Å²) >= 11 is 5.93. The Labute approximate surface area is 159 Å². The number of hydrogen-bond acceptors (Lipinski definition) is 4. The largest absolute Gasteiger partial charge is 0.494 e.